The van der Waals surface area contributed by atoms with Crippen LogP contribution in [0, 0.1) is 17.2 Å². The molecule has 0 radical (unpaired) electrons. The number of amidine groups is 1. The lowest BCUT2D eigenvalue weighted by Crippen LogP contribution is -2.37. The molecule has 2 fully saturated rings. The highest BCUT2D eigenvalue weighted by Gasteiger charge is 2.32. The first-order valence-corrected chi connectivity index (χ1v) is 13.2. The zero-order chi connectivity index (χ0) is 26.1. The first-order valence-electron chi connectivity index (χ1n) is 13.2. The largest absolute Gasteiger partial charge is 0.507 e. The lowest BCUT2D eigenvalue weighted by atomic mass is 9.78. The molecule has 1 unspecified atom stereocenters. The molecule has 2 N–H and O–H groups in total. The fourth-order valence-electron chi connectivity index (χ4n) is 5.45. The van der Waals surface area contributed by atoms with Gasteiger partial charge in [0.15, 0.2) is 5.78 Å². The monoisotopic (exact) mass is 483 g/mol. The Balaban J connectivity index is 1.63. The van der Waals surface area contributed by atoms with E-state index >= 15 is 0 Å². The average molecular weight is 484 g/mol. The Bertz CT molecular complexity index is 927. The molecule has 0 spiro atoms. The van der Waals surface area contributed by atoms with Crippen molar-refractivity contribution in [2.24, 2.45) is 11.8 Å². The van der Waals surface area contributed by atoms with Crippen LogP contribution >= 0.6 is 0 Å². The van der Waals surface area contributed by atoms with Crippen LogP contribution in [0.4, 0.5) is 0 Å². The molecule has 0 aliphatic carbocycles. The summed E-state index contributed by atoms with van der Waals surface area (Å²) in [5.74, 6) is 1.87. The van der Waals surface area contributed by atoms with Crippen LogP contribution in [0.1, 0.15) is 102 Å². The zero-order valence-corrected chi connectivity index (χ0v) is 22.8. The molecule has 2 heterocycles. The van der Waals surface area contributed by atoms with E-state index in [1.54, 1.807) is 6.92 Å². The van der Waals surface area contributed by atoms with Gasteiger partial charge in [-0.05, 0) is 61.0 Å². The first kappa shape index (κ1) is 27.2. The molecule has 0 bridgehead atoms. The Labute approximate surface area is 211 Å². The summed E-state index contributed by atoms with van der Waals surface area (Å²) < 4.78 is 0. The van der Waals surface area contributed by atoms with Crippen molar-refractivity contribution in [2.45, 2.75) is 91.4 Å². The Morgan fingerprint density at radius 1 is 0.943 bits per heavy atom. The number of ketones is 1. The molecule has 2 aliphatic rings. The summed E-state index contributed by atoms with van der Waals surface area (Å²) in [6.07, 6.45) is 5.09. The van der Waals surface area contributed by atoms with Gasteiger partial charge >= 0.3 is 0 Å². The van der Waals surface area contributed by atoms with Gasteiger partial charge in [-0.2, -0.15) is 0 Å². The van der Waals surface area contributed by atoms with Crippen LogP contribution in [0.3, 0.4) is 0 Å². The molecule has 0 saturated carbocycles. The van der Waals surface area contributed by atoms with E-state index in [0.29, 0.717) is 17.3 Å². The molecule has 2 saturated heterocycles. The zero-order valence-electron chi connectivity index (χ0n) is 22.8. The molecule has 1 amide bonds. The van der Waals surface area contributed by atoms with Crippen molar-refractivity contribution in [2.75, 3.05) is 26.2 Å². The SMILES string of the molecule is CC(=O)N1CCC(CCC2CCN(CC(=O)c3cc(C(C)(C)C)c(O)c(C(C)(C)C)c3)C2=N)CC1. The van der Waals surface area contributed by atoms with E-state index in [-0.39, 0.29) is 40.7 Å². The number of benzene rings is 1. The average Bonchev–Trinajstić information content (AvgIpc) is 3.10. The van der Waals surface area contributed by atoms with E-state index in [9.17, 15) is 14.7 Å². The number of rotatable bonds is 6. The molecular formula is C29H45N3O3. The van der Waals surface area contributed by atoms with Gasteiger partial charge in [0.2, 0.25) is 5.91 Å². The third-order valence-corrected chi connectivity index (χ3v) is 7.84. The topological polar surface area (TPSA) is 84.7 Å². The van der Waals surface area contributed by atoms with Gasteiger partial charge in [-0.15, -0.1) is 0 Å². The fraction of sp³-hybridized carbons (Fsp3) is 0.690. The standard InChI is InChI=1S/C29H45N3O3/c1-19(33)31-13-10-20(11-14-31)8-9-21-12-15-32(27(21)30)18-25(34)22-16-23(28(2,3)4)26(35)24(17-22)29(5,6)7/h16-17,20-21,30,35H,8-15,18H2,1-7H3. The van der Waals surface area contributed by atoms with Crippen molar-refractivity contribution in [3.63, 3.8) is 0 Å². The van der Waals surface area contributed by atoms with Crippen LogP contribution < -0.4 is 0 Å². The second-order valence-corrected chi connectivity index (χ2v) is 12.7. The van der Waals surface area contributed by atoms with Gasteiger partial charge in [-0.3, -0.25) is 15.0 Å². The predicted molar refractivity (Wildman–Crippen MR) is 141 cm³/mol. The van der Waals surface area contributed by atoms with Crippen molar-refractivity contribution in [1.82, 2.24) is 9.80 Å². The number of aromatic hydroxyl groups is 1. The Kier molecular flexibility index (Phi) is 8.02. The maximum atomic E-state index is 13.4. The number of phenols is 1. The summed E-state index contributed by atoms with van der Waals surface area (Å²) in [5, 5.41) is 19.7. The third-order valence-electron chi connectivity index (χ3n) is 7.84. The van der Waals surface area contributed by atoms with E-state index in [2.05, 4.69) is 0 Å². The van der Waals surface area contributed by atoms with Gasteiger partial charge in [-0.25, -0.2) is 0 Å². The van der Waals surface area contributed by atoms with Gasteiger partial charge in [0.1, 0.15) is 5.75 Å². The molecule has 1 aromatic carbocycles. The maximum absolute atomic E-state index is 13.4. The highest BCUT2D eigenvalue weighted by Crippen LogP contribution is 2.40. The number of Topliss-reactive ketones (excluding diaryl/α,β-unsaturated/α-hetero) is 1. The van der Waals surface area contributed by atoms with E-state index < -0.39 is 0 Å². The Morgan fingerprint density at radius 3 is 1.97 bits per heavy atom. The van der Waals surface area contributed by atoms with Crippen LogP contribution in [0.2, 0.25) is 0 Å². The Morgan fingerprint density at radius 2 is 1.49 bits per heavy atom. The molecule has 2 aliphatic heterocycles. The van der Waals surface area contributed by atoms with Gasteiger partial charge in [0.25, 0.3) is 0 Å². The number of nitrogens with one attached hydrogen (secondary N) is 1. The number of phenolic OH excluding ortho intramolecular Hbond substituents is 1. The molecule has 1 aromatic rings. The van der Waals surface area contributed by atoms with E-state index in [4.69, 9.17) is 5.41 Å². The van der Waals surface area contributed by atoms with Gasteiger partial charge < -0.3 is 14.9 Å². The molecular weight excluding hydrogens is 438 g/mol. The van der Waals surface area contributed by atoms with Crippen molar-refractivity contribution >= 4 is 17.5 Å². The summed E-state index contributed by atoms with van der Waals surface area (Å²) in [4.78, 5) is 28.8. The number of hydrogen-bond acceptors (Lipinski definition) is 4. The van der Waals surface area contributed by atoms with Crippen LogP contribution in [-0.4, -0.2) is 58.6 Å². The smallest absolute Gasteiger partial charge is 0.219 e. The normalized spacial score (nSPS) is 20.0. The Hall–Kier alpha value is -2.37. The fourth-order valence-corrected chi connectivity index (χ4v) is 5.45. The summed E-state index contributed by atoms with van der Waals surface area (Å²) in [6.45, 7) is 16.6. The second-order valence-electron chi connectivity index (χ2n) is 12.7. The van der Waals surface area contributed by atoms with Crippen LogP contribution in [0.15, 0.2) is 12.1 Å². The summed E-state index contributed by atoms with van der Waals surface area (Å²) in [6, 6.07) is 3.69. The molecule has 3 rings (SSSR count). The molecule has 6 heteroatoms. The quantitative estimate of drug-likeness (QED) is 0.523. The number of piperidine rings is 1. The number of carbonyl (C=O) groups is 2. The van der Waals surface area contributed by atoms with Crippen molar-refractivity contribution in [3.05, 3.63) is 28.8 Å². The predicted octanol–water partition coefficient (Wildman–Crippen LogP) is 5.51. The lowest BCUT2D eigenvalue weighted by Gasteiger charge is -2.31. The summed E-state index contributed by atoms with van der Waals surface area (Å²) in [5.41, 5.74) is 1.63. The highest BCUT2D eigenvalue weighted by atomic mass is 16.3. The molecule has 194 valence electrons. The summed E-state index contributed by atoms with van der Waals surface area (Å²) >= 11 is 0. The first-order chi connectivity index (χ1) is 16.2. The van der Waals surface area contributed by atoms with Gasteiger partial charge in [0.05, 0.1) is 12.4 Å². The molecule has 6 nitrogen and oxygen atoms in total. The van der Waals surface area contributed by atoms with Crippen LogP contribution in [0.5, 0.6) is 5.75 Å². The minimum Gasteiger partial charge on any atom is -0.507 e. The van der Waals surface area contributed by atoms with Gasteiger partial charge in [-0.1, -0.05) is 41.5 Å². The second kappa shape index (κ2) is 10.3. The molecule has 1 atom stereocenters. The number of hydrogen-bond donors (Lipinski definition) is 2. The minimum atomic E-state index is -0.285. The van der Waals surface area contributed by atoms with Crippen LogP contribution in [0.25, 0.3) is 0 Å². The summed E-state index contributed by atoms with van der Waals surface area (Å²) in [7, 11) is 0. The van der Waals surface area contributed by atoms with E-state index in [0.717, 1.165) is 62.9 Å². The molecule has 0 aromatic heterocycles. The van der Waals surface area contributed by atoms with Crippen LogP contribution in [-0.2, 0) is 15.6 Å². The van der Waals surface area contributed by atoms with E-state index in [1.807, 2.05) is 63.5 Å². The third kappa shape index (κ3) is 6.45. The van der Waals surface area contributed by atoms with E-state index in [1.165, 1.54) is 0 Å². The van der Waals surface area contributed by atoms with Crippen molar-refractivity contribution < 1.29 is 14.7 Å². The number of nitrogens with zero attached hydrogens (tertiary/aromatic N) is 2. The highest BCUT2D eigenvalue weighted by molar-refractivity contribution is 6.00. The van der Waals surface area contributed by atoms with Crippen molar-refractivity contribution in [3.8, 4) is 5.75 Å². The molecule has 35 heavy (non-hydrogen) atoms. The maximum Gasteiger partial charge on any atom is 0.219 e. The number of amides is 1. The lowest BCUT2D eigenvalue weighted by molar-refractivity contribution is -0.130. The minimum absolute atomic E-state index is 0.00278. The number of carbonyl (C=O) groups excluding carboxylic acids is 2. The van der Waals surface area contributed by atoms with Gasteiger partial charge in [0, 0.05) is 49.2 Å². The number of likely N-dealkylation sites (tertiary alicyclic amines) is 2. The van der Waals surface area contributed by atoms with Crippen molar-refractivity contribution in [1.29, 1.82) is 5.41 Å².